The van der Waals surface area contributed by atoms with Crippen LogP contribution in [0.2, 0.25) is 0 Å². The van der Waals surface area contributed by atoms with Crippen LogP contribution in [0.3, 0.4) is 0 Å². The number of hydrogen-bond donors (Lipinski definition) is 1. The van der Waals surface area contributed by atoms with E-state index in [9.17, 15) is 14.4 Å². The molecule has 8 nitrogen and oxygen atoms in total. The zero-order valence-corrected chi connectivity index (χ0v) is 16.7. The quantitative estimate of drug-likeness (QED) is 0.840. The number of carbonyl (C=O) groups is 3. The molecule has 142 valence electrons. The average Bonchev–Trinajstić information content (AvgIpc) is 3.21. The summed E-state index contributed by atoms with van der Waals surface area (Å²) in [4.78, 5) is 42.4. The van der Waals surface area contributed by atoms with Crippen LogP contribution in [-0.2, 0) is 24.2 Å². The lowest BCUT2D eigenvalue weighted by Crippen LogP contribution is -2.36. The number of amides is 3. The smallest absolute Gasteiger partial charge is 0.267 e. The maximum atomic E-state index is 12.9. The molecule has 27 heavy (non-hydrogen) atoms. The van der Waals surface area contributed by atoms with Gasteiger partial charge in [-0.15, -0.1) is 16.4 Å². The molecule has 0 aromatic carbocycles. The molecule has 4 heterocycles. The maximum absolute atomic E-state index is 12.9. The number of thiophene rings is 1. The fraction of sp³-hybridized carbons (Fsp3) is 0.471. The van der Waals surface area contributed by atoms with E-state index >= 15 is 0 Å². The van der Waals surface area contributed by atoms with E-state index in [4.69, 9.17) is 0 Å². The van der Waals surface area contributed by atoms with Crippen molar-refractivity contribution in [3.8, 4) is 0 Å². The summed E-state index contributed by atoms with van der Waals surface area (Å²) in [6.45, 7) is 3.06. The zero-order valence-electron chi connectivity index (χ0n) is 15.1. The van der Waals surface area contributed by atoms with Crippen LogP contribution >= 0.6 is 22.9 Å². The molecule has 3 amide bonds. The number of nitrogens with zero attached hydrogens (tertiary/aromatic N) is 4. The molecule has 0 atom stereocenters. The maximum Gasteiger partial charge on any atom is 0.267 e. The molecule has 10 heteroatoms. The Bertz CT molecular complexity index is 935. The molecule has 0 saturated heterocycles. The van der Waals surface area contributed by atoms with Crippen molar-refractivity contribution in [2.24, 2.45) is 0 Å². The van der Waals surface area contributed by atoms with E-state index in [0.29, 0.717) is 35.0 Å². The largest absolute Gasteiger partial charge is 0.332 e. The highest BCUT2D eigenvalue weighted by molar-refractivity contribution is 7.17. The van der Waals surface area contributed by atoms with Gasteiger partial charge in [0.25, 0.3) is 11.8 Å². The van der Waals surface area contributed by atoms with Gasteiger partial charge in [-0.2, -0.15) is 0 Å². The summed E-state index contributed by atoms with van der Waals surface area (Å²) in [5.74, 6) is -0.399. The van der Waals surface area contributed by atoms with E-state index < -0.39 is 0 Å². The number of aromatic nitrogens is 2. The van der Waals surface area contributed by atoms with Crippen LogP contribution in [0.4, 0.5) is 5.00 Å². The summed E-state index contributed by atoms with van der Waals surface area (Å²) in [7, 11) is 1.63. The zero-order chi connectivity index (χ0) is 19.1. The highest BCUT2D eigenvalue weighted by atomic mass is 32.1. The van der Waals surface area contributed by atoms with E-state index in [1.165, 1.54) is 16.2 Å². The van der Waals surface area contributed by atoms with Crippen molar-refractivity contribution < 1.29 is 14.4 Å². The molecular weight excluding hydrogens is 386 g/mol. The van der Waals surface area contributed by atoms with Gasteiger partial charge in [0, 0.05) is 18.5 Å². The summed E-state index contributed by atoms with van der Waals surface area (Å²) in [5, 5.41) is 7.51. The third-order valence-corrected chi connectivity index (χ3v) is 6.66. The van der Waals surface area contributed by atoms with E-state index in [-0.39, 0.29) is 24.3 Å². The van der Waals surface area contributed by atoms with Gasteiger partial charge in [-0.05, 0) is 29.9 Å². The first kappa shape index (κ1) is 18.1. The lowest BCUT2D eigenvalue weighted by molar-refractivity contribution is -0.116. The van der Waals surface area contributed by atoms with Crippen molar-refractivity contribution in [1.82, 2.24) is 19.4 Å². The molecule has 0 saturated carbocycles. The summed E-state index contributed by atoms with van der Waals surface area (Å²) in [6.07, 6.45) is 2.23. The second kappa shape index (κ2) is 7.01. The molecule has 0 unspecified atom stereocenters. The van der Waals surface area contributed by atoms with E-state index in [1.54, 1.807) is 11.9 Å². The summed E-state index contributed by atoms with van der Waals surface area (Å²) in [5.41, 5.74) is 2.29. The molecule has 2 aromatic rings. The normalized spacial score (nSPS) is 16.7. The van der Waals surface area contributed by atoms with Crippen molar-refractivity contribution in [3.63, 3.8) is 0 Å². The first-order valence-electron chi connectivity index (χ1n) is 8.80. The first-order chi connectivity index (χ1) is 13.0. The first-order valence-corrected chi connectivity index (χ1v) is 10.4. The van der Waals surface area contributed by atoms with Crippen LogP contribution in [0, 0.1) is 0 Å². The predicted octanol–water partition coefficient (Wildman–Crippen LogP) is 1.77. The molecule has 0 aliphatic carbocycles. The van der Waals surface area contributed by atoms with Crippen LogP contribution < -0.4 is 5.32 Å². The number of nitrogens with one attached hydrogen (secondary N) is 1. The van der Waals surface area contributed by atoms with Gasteiger partial charge >= 0.3 is 0 Å². The SMILES string of the molecule is CCCc1nnsc1C(=O)N1CCc2c(sc3c2C(=O)N(C)CC(=O)N3)C1. The van der Waals surface area contributed by atoms with E-state index in [1.807, 2.05) is 6.92 Å². The van der Waals surface area contributed by atoms with Crippen LogP contribution in [-0.4, -0.2) is 57.2 Å². The molecule has 4 rings (SSSR count). The van der Waals surface area contributed by atoms with Crippen LogP contribution in [0.25, 0.3) is 0 Å². The second-order valence-corrected chi connectivity index (χ2v) is 8.55. The molecule has 2 aromatic heterocycles. The molecule has 2 aliphatic heterocycles. The van der Waals surface area contributed by atoms with Crippen molar-refractivity contribution in [3.05, 3.63) is 26.6 Å². The average molecular weight is 406 g/mol. The number of hydrogen-bond acceptors (Lipinski definition) is 7. The molecule has 0 fully saturated rings. The number of carbonyl (C=O) groups excluding carboxylic acids is 3. The van der Waals surface area contributed by atoms with Crippen LogP contribution in [0.1, 0.15) is 49.5 Å². The van der Waals surface area contributed by atoms with Crippen molar-refractivity contribution >= 4 is 45.6 Å². The minimum Gasteiger partial charge on any atom is -0.332 e. The minimum absolute atomic E-state index is 0.0538. The van der Waals surface area contributed by atoms with Gasteiger partial charge in [-0.25, -0.2) is 0 Å². The summed E-state index contributed by atoms with van der Waals surface area (Å²) >= 11 is 2.53. The van der Waals surface area contributed by atoms with Gasteiger partial charge < -0.3 is 15.1 Å². The van der Waals surface area contributed by atoms with Crippen molar-refractivity contribution in [1.29, 1.82) is 0 Å². The second-order valence-electron chi connectivity index (χ2n) is 6.69. The highest BCUT2D eigenvalue weighted by Crippen LogP contribution is 2.39. The van der Waals surface area contributed by atoms with Crippen LogP contribution in [0.15, 0.2) is 0 Å². The Labute approximate surface area is 164 Å². The topological polar surface area (TPSA) is 95.5 Å². The third kappa shape index (κ3) is 3.12. The van der Waals surface area contributed by atoms with Gasteiger partial charge in [0.15, 0.2) is 0 Å². The van der Waals surface area contributed by atoms with Gasteiger partial charge in [0.05, 0.1) is 24.3 Å². The van der Waals surface area contributed by atoms with Crippen LogP contribution in [0.5, 0.6) is 0 Å². The minimum atomic E-state index is -0.198. The molecular formula is C17H19N5O3S2. The Morgan fingerprint density at radius 3 is 2.89 bits per heavy atom. The highest BCUT2D eigenvalue weighted by Gasteiger charge is 2.34. The molecule has 1 N–H and O–H groups in total. The Morgan fingerprint density at radius 2 is 2.11 bits per heavy atom. The number of likely N-dealkylation sites (N-methyl/N-ethyl adjacent to an activating group) is 1. The molecule has 2 aliphatic rings. The Balaban J connectivity index is 1.62. The van der Waals surface area contributed by atoms with Crippen molar-refractivity contribution in [2.75, 3.05) is 25.5 Å². The Morgan fingerprint density at radius 1 is 1.30 bits per heavy atom. The Kier molecular flexibility index (Phi) is 4.68. The van der Waals surface area contributed by atoms with Gasteiger partial charge in [-0.3, -0.25) is 14.4 Å². The standard InChI is InChI=1S/C17H19N5O3S2/c1-3-4-10-14(27-20-19-10)17(25)22-6-5-9-11(7-22)26-15-13(9)16(24)21(2)8-12(23)18-15/h3-8H2,1-2H3,(H,18,23). The monoisotopic (exact) mass is 405 g/mol. The Hall–Kier alpha value is -2.33. The number of fused-ring (bicyclic) bond motifs is 3. The predicted molar refractivity (Wildman–Crippen MR) is 102 cm³/mol. The molecule has 0 spiro atoms. The number of aryl methyl sites for hydroxylation is 1. The molecule has 0 bridgehead atoms. The fourth-order valence-corrected chi connectivity index (χ4v) is 5.40. The fourth-order valence-electron chi connectivity index (χ4n) is 3.45. The van der Waals surface area contributed by atoms with Crippen molar-refractivity contribution in [2.45, 2.75) is 32.7 Å². The lowest BCUT2D eigenvalue weighted by Gasteiger charge is -2.27. The number of rotatable bonds is 3. The lowest BCUT2D eigenvalue weighted by atomic mass is 10.0. The number of anilines is 1. The van der Waals surface area contributed by atoms with Gasteiger partial charge in [0.2, 0.25) is 5.91 Å². The molecule has 0 radical (unpaired) electrons. The van der Waals surface area contributed by atoms with Gasteiger partial charge in [-0.1, -0.05) is 17.8 Å². The van der Waals surface area contributed by atoms with Gasteiger partial charge in [0.1, 0.15) is 9.88 Å². The summed E-state index contributed by atoms with van der Waals surface area (Å²) in [6, 6.07) is 0. The third-order valence-electron chi connectivity index (χ3n) is 4.78. The summed E-state index contributed by atoms with van der Waals surface area (Å²) < 4.78 is 3.94. The van der Waals surface area contributed by atoms with E-state index in [2.05, 4.69) is 14.9 Å². The van der Waals surface area contributed by atoms with E-state index in [0.717, 1.165) is 40.5 Å².